The van der Waals surface area contributed by atoms with Crippen LogP contribution in [0.3, 0.4) is 0 Å². The predicted molar refractivity (Wildman–Crippen MR) is 68.8 cm³/mol. The van der Waals surface area contributed by atoms with Crippen molar-refractivity contribution >= 4 is 5.78 Å². The molecule has 96 valence electrons. The van der Waals surface area contributed by atoms with Crippen LogP contribution in [0.25, 0.3) is 0 Å². The van der Waals surface area contributed by atoms with Crippen LogP contribution in [0.2, 0.25) is 0 Å². The van der Waals surface area contributed by atoms with Crippen molar-refractivity contribution in [3.05, 3.63) is 0 Å². The lowest BCUT2D eigenvalue weighted by Crippen LogP contribution is -2.43. The van der Waals surface area contributed by atoms with Crippen molar-refractivity contribution in [1.29, 1.82) is 0 Å². The van der Waals surface area contributed by atoms with Crippen LogP contribution in [0.15, 0.2) is 0 Å². The minimum atomic E-state index is 0.336. The van der Waals surface area contributed by atoms with Crippen LogP contribution in [-0.2, 0) is 4.79 Å². The van der Waals surface area contributed by atoms with Gasteiger partial charge in [0, 0.05) is 32.0 Å². The van der Waals surface area contributed by atoms with Gasteiger partial charge in [0.1, 0.15) is 5.78 Å². The number of carbonyl (C=O) groups excluding carboxylic acids is 1. The molecule has 4 atom stereocenters. The number of nitrogens with zero attached hydrogens (tertiary/aromatic N) is 1. The van der Waals surface area contributed by atoms with Crippen LogP contribution in [-0.4, -0.2) is 30.3 Å². The van der Waals surface area contributed by atoms with Crippen molar-refractivity contribution in [3.63, 3.8) is 0 Å². The number of likely N-dealkylation sites (tertiary alicyclic amines) is 1. The highest BCUT2D eigenvalue weighted by Gasteiger charge is 2.40. The SMILES string of the molecule is CCC1CN(CC2CC3CCC2C3)CCC1=O. The zero-order chi connectivity index (χ0) is 11.8. The lowest BCUT2D eigenvalue weighted by molar-refractivity contribution is -0.126. The van der Waals surface area contributed by atoms with Crippen molar-refractivity contribution < 1.29 is 4.79 Å². The Labute approximate surface area is 105 Å². The minimum Gasteiger partial charge on any atom is -0.302 e. The van der Waals surface area contributed by atoms with E-state index in [1.165, 1.54) is 32.2 Å². The van der Waals surface area contributed by atoms with Gasteiger partial charge in [0.2, 0.25) is 0 Å². The third-order valence-electron chi connectivity index (χ3n) is 5.48. The Hall–Kier alpha value is -0.370. The van der Waals surface area contributed by atoms with Crippen LogP contribution in [0.1, 0.15) is 45.4 Å². The first-order valence-corrected chi connectivity index (χ1v) is 7.51. The van der Waals surface area contributed by atoms with E-state index in [0.717, 1.165) is 43.7 Å². The quantitative estimate of drug-likeness (QED) is 0.749. The molecule has 0 aromatic heterocycles. The monoisotopic (exact) mass is 235 g/mol. The molecule has 3 aliphatic rings. The summed E-state index contributed by atoms with van der Waals surface area (Å²) in [5, 5.41) is 0. The fourth-order valence-electron chi connectivity index (χ4n) is 4.43. The van der Waals surface area contributed by atoms with Crippen molar-refractivity contribution in [3.8, 4) is 0 Å². The summed E-state index contributed by atoms with van der Waals surface area (Å²) in [7, 11) is 0. The van der Waals surface area contributed by atoms with Gasteiger partial charge in [0.05, 0.1) is 0 Å². The van der Waals surface area contributed by atoms with Gasteiger partial charge in [0.15, 0.2) is 0 Å². The van der Waals surface area contributed by atoms with E-state index in [-0.39, 0.29) is 0 Å². The van der Waals surface area contributed by atoms with Gasteiger partial charge in [-0.25, -0.2) is 0 Å². The average molecular weight is 235 g/mol. The van der Waals surface area contributed by atoms with Crippen LogP contribution in [0.4, 0.5) is 0 Å². The summed E-state index contributed by atoms with van der Waals surface area (Å²) in [6.45, 7) is 5.51. The van der Waals surface area contributed by atoms with E-state index in [9.17, 15) is 4.79 Å². The molecular weight excluding hydrogens is 210 g/mol. The van der Waals surface area contributed by atoms with Gasteiger partial charge in [-0.2, -0.15) is 0 Å². The van der Waals surface area contributed by atoms with Crippen LogP contribution >= 0.6 is 0 Å². The zero-order valence-electron chi connectivity index (χ0n) is 11.0. The highest BCUT2D eigenvalue weighted by molar-refractivity contribution is 5.82. The standard InChI is InChI=1S/C15H25NO/c1-2-12-9-16(6-5-15(12)17)10-14-8-11-3-4-13(14)7-11/h11-14H,2-10H2,1H3. The first-order chi connectivity index (χ1) is 8.26. The Bertz CT molecular complexity index is 301. The molecule has 2 saturated carbocycles. The Morgan fingerprint density at radius 3 is 2.82 bits per heavy atom. The van der Waals surface area contributed by atoms with E-state index >= 15 is 0 Å². The van der Waals surface area contributed by atoms with Crippen molar-refractivity contribution in [2.45, 2.75) is 45.4 Å². The number of hydrogen-bond donors (Lipinski definition) is 0. The van der Waals surface area contributed by atoms with E-state index in [1.54, 1.807) is 0 Å². The molecule has 1 heterocycles. The summed E-state index contributed by atoms with van der Waals surface area (Å²) >= 11 is 0. The van der Waals surface area contributed by atoms with Crippen LogP contribution in [0.5, 0.6) is 0 Å². The molecule has 0 aromatic carbocycles. The summed E-state index contributed by atoms with van der Waals surface area (Å²) in [6, 6.07) is 0. The second-order valence-electron chi connectivity index (χ2n) is 6.52. The molecule has 0 spiro atoms. The molecule has 0 radical (unpaired) electrons. The number of hydrogen-bond acceptors (Lipinski definition) is 2. The molecule has 0 amide bonds. The molecule has 0 aromatic rings. The topological polar surface area (TPSA) is 20.3 Å². The minimum absolute atomic E-state index is 0.336. The van der Waals surface area contributed by atoms with E-state index in [4.69, 9.17) is 0 Å². The maximum absolute atomic E-state index is 11.7. The zero-order valence-corrected chi connectivity index (χ0v) is 11.0. The number of Topliss-reactive ketones (excluding diaryl/α,β-unsaturated/α-hetero) is 1. The second kappa shape index (κ2) is 4.72. The number of rotatable bonds is 3. The third-order valence-corrected chi connectivity index (χ3v) is 5.48. The van der Waals surface area contributed by atoms with Crippen LogP contribution in [0, 0.1) is 23.7 Å². The molecule has 2 aliphatic carbocycles. The number of fused-ring (bicyclic) bond motifs is 2. The number of carbonyl (C=O) groups is 1. The second-order valence-corrected chi connectivity index (χ2v) is 6.52. The van der Waals surface area contributed by atoms with Crippen molar-refractivity contribution in [2.24, 2.45) is 23.7 Å². The van der Waals surface area contributed by atoms with E-state index < -0.39 is 0 Å². The fraction of sp³-hybridized carbons (Fsp3) is 0.933. The van der Waals surface area contributed by atoms with E-state index in [2.05, 4.69) is 11.8 Å². The summed E-state index contributed by atoms with van der Waals surface area (Å²) in [5.74, 6) is 3.88. The first kappa shape index (κ1) is 11.7. The number of ketones is 1. The van der Waals surface area contributed by atoms with Gasteiger partial charge in [-0.15, -0.1) is 0 Å². The first-order valence-electron chi connectivity index (χ1n) is 7.51. The molecule has 3 rings (SSSR count). The molecule has 0 N–H and O–H groups in total. The molecule has 2 heteroatoms. The normalized spacial score (nSPS) is 42.3. The van der Waals surface area contributed by atoms with Crippen molar-refractivity contribution in [1.82, 2.24) is 4.90 Å². The third kappa shape index (κ3) is 2.29. The lowest BCUT2D eigenvalue weighted by atomic mass is 9.87. The van der Waals surface area contributed by atoms with Gasteiger partial charge in [0.25, 0.3) is 0 Å². The fourth-order valence-corrected chi connectivity index (χ4v) is 4.43. The maximum Gasteiger partial charge on any atom is 0.138 e. The van der Waals surface area contributed by atoms with Gasteiger partial charge >= 0.3 is 0 Å². The summed E-state index contributed by atoms with van der Waals surface area (Å²) in [5.41, 5.74) is 0. The molecule has 3 fully saturated rings. The molecule has 17 heavy (non-hydrogen) atoms. The Morgan fingerprint density at radius 2 is 2.18 bits per heavy atom. The highest BCUT2D eigenvalue weighted by Crippen LogP contribution is 2.48. The van der Waals surface area contributed by atoms with Gasteiger partial charge in [-0.05, 0) is 43.4 Å². The maximum atomic E-state index is 11.7. The highest BCUT2D eigenvalue weighted by atomic mass is 16.1. The lowest BCUT2D eigenvalue weighted by Gasteiger charge is -2.35. The van der Waals surface area contributed by atoms with Crippen LogP contribution < -0.4 is 0 Å². The van der Waals surface area contributed by atoms with Crippen molar-refractivity contribution in [2.75, 3.05) is 19.6 Å². The average Bonchev–Trinajstić information content (AvgIpc) is 2.93. The Morgan fingerprint density at radius 1 is 1.29 bits per heavy atom. The molecule has 2 nitrogen and oxygen atoms in total. The van der Waals surface area contributed by atoms with E-state index in [1.807, 2.05) is 0 Å². The van der Waals surface area contributed by atoms with Gasteiger partial charge in [-0.1, -0.05) is 13.3 Å². The van der Waals surface area contributed by atoms with E-state index in [0.29, 0.717) is 11.7 Å². The smallest absolute Gasteiger partial charge is 0.138 e. The number of piperidine rings is 1. The summed E-state index contributed by atoms with van der Waals surface area (Å²) < 4.78 is 0. The molecule has 4 unspecified atom stereocenters. The summed E-state index contributed by atoms with van der Waals surface area (Å²) in [4.78, 5) is 14.3. The predicted octanol–water partition coefficient (Wildman–Crippen LogP) is 2.72. The Balaban J connectivity index is 1.54. The largest absolute Gasteiger partial charge is 0.302 e. The van der Waals surface area contributed by atoms with Gasteiger partial charge in [-0.3, -0.25) is 4.79 Å². The van der Waals surface area contributed by atoms with Gasteiger partial charge < -0.3 is 4.90 Å². The Kier molecular flexibility index (Phi) is 3.25. The molecule has 1 saturated heterocycles. The molecular formula is C15H25NO. The molecule has 1 aliphatic heterocycles. The molecule has 2 bridgehead atoms. The summed E-state index contributed by atoms with van der Waals surface area (Å²) in [6.07, 6.45) is 7.81.